The number of anilines is 1. The number of carboxylic acid groups (broad SMARTS) is 1. The highest BCUT2D eigenvalue weighted by atomic mass is 19.1. The number of nitrogens with zero attached hydrogens (tertiary/aromatic N) is 1. The van der Waals surface area contributed by atoms with Crippen LogP contribution >= 0.6 is 0 Å². The first-order chi connectivity index (χ1) is 8.61. The Morgan fingerprint density at radius 3 is 2.78 bits per heavy atom. The largest absolute Gasteiger partial charge is 0.478 e. The summed E-state index contributed by atoms with van der Waals surface area (Å²) in [4.78, 5) is 12.4. The fraction of sp³-hybridized carbons (Fsp3) is 0.357. The number of benzene rings is 1. The Kier molecular flexibility index (Phi) is 3.65. The molecule has 4 heteroatoms. The zero-order valence-corrected chi connectivity index (χ0v) is 10.3. The van der Waals surface area contributed by atoms with Crippen molar-refractivity contribution in [3.63, 3.8) is 0 Å². The third-order valence-electron chi connectivity index (χ3n) is 3.03. The number of carbonyl (C=O) groups is 1. The van der Waals surface area contributed by atoms with Crippen molar-refractivity contribution in [3.05, 3.63) is 35.7 Å². The number of aliphatic carboxylic acids is 1. The van der Waals surface area contributed by atoms with E-state index in [4.69, 9.17) is 5.11 Å². The van der Waals surface area contributed by atoms with Crippen LogP contribution in [0.1, 0.15) is 25.3 Å². The van der Waals surface area contributed by atoms with E-state index in [0.29, 0.717) is 17.3 Å². The van der Waals surface area contributed by atoms with Crippen LogP contribution in [0.25, 0.3) is 6.08 Å². The van der Waals surface area contributed by atoms with Crippen molar-refractivity contribution in [2.45, 2.75) is 25.8 Å². The normalized spacial score (nSPS) is 15.0. The predicted octanol–water partition coefficient (Wildman–Crippen LogP) is 2.91. The highest BCUT2D eigenvalue weighted by molar-refractivity contribution is 5.85. The molecular formula is C14H16FNO2. The maximum absolute atomic E-state index is 14.0. The lowest BCUT2D eigenvalue weighted by Crippen LogP contribution is -2.25. The van der Waals surface area contributed by atoms with Gasteiger partial charge in [-0.05, 0) is 43.5 Å². The van der Waals surface area contributed by atoms with Gasteiger partial charge < -0.3 is 10.0 Å². The second-order valence-electron chi connectivity index (χ2n) is 4.40. The van der Waals surface area contributed by atoms with Crippen LogP contribution in [-0.2, 0) is 4.79 Å². The van der Waals surface area contributed by atoms with Crippen molar-refractivity contribution in [3.8, 4) is 0 Å². The Morgan fingerprint density at radius 2 is 2.28 bits per heavy atom. The molecule has 1 aromatic rings. The summed E-state index contributed by atoms with van der Waals surface area (Å²) in [6.45, 7) is 2.79. The summed E-state index contributed by atoms with van der Waals surface area (Å²) in [5.74, 6) is -1.33. The molecule has 0 aliphatic heterocycles. The molecule has 0 unspecified atom stereocenters. The minimum atomic E-state index is -1.03. The molecule has 0 radical (unpaired) electrons. The molecule has 0 amide bonds. The van der Waals surface area contributed by atoms with Crippen LogP contribution in [0.2, 0.25) is 0 Å². The van der Waals surface area contributed by atoms with Gasteiger partial charge in [0.2, 0.25) is 0 Å². The van der Waals surface area contributed by atoms with Crippen LogP contribution in [0.4, 0.5) is 10.1 Å². The van der Waals surface area contributed by atoms with Gasteiger partial charge in [-0.3, -0.25) is 0 Å². The maximum atomic E-state index is 14.0. The summed E-state index contributed by atoms with van der Waals surface area (Å²) in [5.41, 5.74) is 1.16. The van der Waals surface area contributed by atoms with E-state index >= 15 is 0 Å². The van der Waals surface area contributed by atoms with Crippen molar-refractivity contribution in [1.82, 2.24) is 0 Å². The molecule has 0 spiro atoms. The van der Waals surface area contributed by atoms with Crippen LogP contribution < -0.4 is 4.90 Å². The minimum absolute atomic E-state index is 0.295. The van der Waals surface area contributed by atoms with Gasteiger partial charge in [0.1, 0.15) is 5.82 Å². The molecule has 1 aliphatic rings. The first-order valence-corrected chi connectivity index (χ1v) is 6.09. The van der Waals surface area contributed by atoms with E-state index < -0.39 is 5.97 Å². The third kappa shape index (κ3) is 2.88. The molecule has 0 saturated heterocycles. The molecule has 3 nitrogen and oxygen atoms in total. The van der Waals surface area contributed by atoms with E-state index in [1.807, 2.05) is 6.92 Å². The molecule has 18 heavy (non-hydrogen) atoms. The second kappa shape index (κ2) is 5.21. The quantitative estimate of drug-likeness (QED) is 0.816. The summed E-state index contributed by atoms with van der Waals surface area (Å²) in [5, 5.41) is 8.52. The molecular weight excluding hydrogens is 233 g/mol. The molecule has 2 rings (SSSR count). The Morgan fingerprint density at radius 1 is 1.56 bits per heavy atom. The van der Waals surface area contributed by atoms with Gasteiger partial charge in [-0.15, -0.1) is 0 Å². The number of halogens is 1. The first-order valence-electron chi connectivity index (χ1n) is 6.09. The lowest BCUT2D eigenvalue weighted by molar-refractivity contribution is -0.131. The molecule has 0 atom stereocenters. The summed E-state index contributed by atoms with van der Waals surface area (Å²) in [7, 11) is 0. The maximum Gasteiger partial charge on any atom is 0.328 e. The van der Waals surface area contributed by atoms with E-state index in [0.717, 1.165) is 25.5 Å². The van der Waals surface area contributed by atoms with Crippen molar-refractivity contribution < 1.29 is 14.3 Å². The van der Waals surface area contributed by atoms with Crippen LogP contribution in [0, 0.1) is 5.82 Å². The molecule has 0 bridgehead atoms. The fourth-order valence-corrected chi connectivity index (χ4v) is 2.04. The second-order valence-corrected chi connectivity index (χ2v) is 4.40. The molecule has 96 valence electrons. The molecule has 1 fully saturated rings. The lowest BCUT2D eigenvalue weighted by atomic mass is 10.1. The minimum Gasteiger partial charge on any atom is -0.478 e. The van der Waals surface area contributed by atoms with Gasteiger partial charge in [-0.2, -0.15) is 0 Å². The van der Waals surface area contributed by atoms with Crippen LogP contribution in [0.5, 0.6) is 0 Å². The third-order valence-corrected chi connectivity index (χ3v) is 3.03. The van der Waals surface area contributed by atoms with Crippen LogP contribution in [-0.4, -0.2) is 23.7 Å². The zero-order valence-electron chi connectivity index (χ0n) is 10.3. The molecule has 1 aromatic carbocycles. The van der Waals surface area contributed by atoms with Gasteiger partial charge in [0.05, 0.1) is 5.69 Å². The number of hydrogen-bond acceptors (Lipinski definition) is 2. The molecule has 1 aliphatic carbocycles. The van der Waals surface area contributed by atoms with E-state index in [1.54, 1.807) is 12.1 Å². The Balaban J connectivity index is 2.21. The van der Waals surface area contributed by atoms with Crippen LogP contribution in [0.3, 0.4) is 0 Å². The van der Waals surface area contributed by atoms with Crippen molar-refractivity contribution in [1.29, 1.82) is 0 Å². The SMILES string of the molecule is CCN(c1ccc(/C=C/C(=O)O)cc1F)C1CC1. The van der Waals surface area contributed by atoms with E-state index in [9.17, 15) is 9.18 Å². The van der Waals surface area contributed by atoms with Gasteiger partial charge in [-0.25, -0.2) is 9.18 Å². The molecule has 0 heterocycles. The predicted molar refractivity (Wildman–Crippen MR) is 69.1 cm³/mol. The summed E-state index contributed by atoms with van der Waals surface area (Å²) >= 11 is 0. The van der Waals surface area contributed by atoms with E-state index in [-0.39, 0.29) is 5.82 Å². The lowest BCUT2D eigenvalue weighted by Gasteiger charge is -2.23. The van der Waals surface area contributed by atoms with Crippen molar-refractivity contribution in [2.75, 3.05) is 11.4 Å². The number of carboxylic acids is 1. The smallest absolute Gasteiger partial charge is 0.328 e. The Hall–Kier alpha value is -1.84. The average Bonchev–Trinajstić information content (AvgIpc) is 3.14. The van der Waals surface area contributed by atoms with Crippen molar-refractivity contribution >= 4 is 17.7 Å². The highest BCUT2D eigenvalue weighted by Crippen LogP contribution is 2.33. The van der Waals surface area contributed by atoms with Gasteiger partial charge in [0.25, 0.3) is 0 Å². The van der Waals surface area contributed by atoms with E-state index in [2.05, 4.69) is 4.90 Å². The molecule has 1 saturated carbocycles. The Labute approximate surface area is 106 Å². The topological polar surface area (TPSA) is 40.5 Å². The number of hydrogen-bond donors (Lipinski definition) is 1. The Bertz CT molecular complexity index is 481. The van der Waals surface area contributed by atoms with Gasteiger partial charge in [0, 0.05) is 18.7 Å². The summed E-state index contributed by atoms with van der Waals surface area (Å²) in [6.07, 6.45) is 4.64. The summed E-state index contributed by atoms with van der Waals surface area (Å²) in [6, 6.07) is 5.30. The average molecular weight is 249 g/mol. The van der Waals surface area contributed by atoms with E-state index in [1.165, 1.54) is 12.1 Å². The van der Waals surface area contributed by atoms with Crippen molar-refractivity contribution in [2.24, 2.45) is 0 Å². The molecule has 1 N–H and O–H groups in total. The number of rotatable bonds is 5. The van der Waals surface area contributed by atoms with Gasteiger partial charge >= 0.3 is 5.97 Å². The molecule has 0 aromatic heterocycles. The van der Waals surface area contributed by atoms with Gasteiger partial charge in [0.15, 0.2) is 0 Å². The fourth-order valence-electron chi connectivity index (χ4n) is 2.04. The van der Waals surface area contributed by atoms with Crippen LogP contribution in [0.15, 0.2) is 24.3 Å². The summed E-state index contributed by atoms with van der Waals surface area (Å²) < 4.78 is 14.0. The first kappa shape index (κ1) is 12.6. The standard InChI is InChI=1S/C14H16FNO2/c1-2-16(11-5-6-11)13-7-3-10(9-12(13)15)4-8-14(17)18/h3-4,7-9,11H,2,5-6H2,1H3,(H,17,18)/b8-4+. The highest BCUT2D eigenvalue weighted by Gasteiger charge is 2.29. The zero-order chi connectivity index (χ0) is 13.1. The monoisotopic (exact) mass is 249 g/mol. The van der Waals surface area contributed by atoms with Gasteiger partial charge in [-0.1, -0.05) is 6.07 Å².